The number of rotatable bonds is 5. The summed E-state index contributed by atoms with van der Waals surface area (Å²) in [4.78, 5) is 8.52. The summed E-state index contributed by atoms with van der Waals surface area (Å²) < 4.78 is 34.4. The van der Waals surface area contributed by atoms with Gasteiger partial charge >= 0.3 is 0 Å². The monoisotopic (exact) mass is 567 g/mol. The maximum atomic E-state index is 12.9. The minimum Gasteiger partial charge on any atom is -0.459 e. The van der Waals surface area contributed by atoms with Crippen LogP contribution in [-0.2, 0) is 21.3 Å². The molecule has 0 saturated heterocycles. The van der Waals surface area contributed by atoms with Gasteiger partial charge in [-0.15, -0.1) is 0 Å². The molecule has 0 aliphatic rings. The molecule has 0 amide bonds. The number of nitrogens with two attached hydrogens (primary N) is 1. The molecule has 186 valence electrons. The van der Waals surface area contributed by atoms with E-state index in [0.717, 1.165) is 21.2 Å². The van der Waals surface area contributed by atoms with Gasteiger partial charge in [0.25, 0.3) is 16.0 Å². The van der Waals surface area contributed by atoms with Crippen LogP contribution in [0.1, 0.15) is 31.9 Å². The molecule has 0 aliphatic heterocycles. The van der Waals surface area contributed by atoms with E-state index in [2.05, 4.69) is 36.7 Å². The third-order valence-corrected chi connectivity index (χ3v) is 6.68. The SMILES string of the molecule is CC(C)(C)OC(N)=NC(=NCc1ccc(-c2ccc(C#N)cc2)c(Br)c1)NS(=O)(=O)c1ccccc1. The lowest BCUT2D eigenvalue weighted by Gasteiger charge is -2.20. The van der Waals surface area contributed by atoms with Crippen molar-refractivity contribution in [3.05, 3.63) is 88.4 Å². The molecule has 0 radical (unpaired) electrons. The van der Waals surface area contributed by atoms with Crippen LogP contribution in [0.2, 0.25) is 0 Å². The Balaban J connectivity index is 1.89. The first kappa shape index (κ1) is 26.9. The van der Waals surface area contributed by atoms with Crippen LogP contribution in [-0.4, -0.2) is 26.0 Å². The predicted molar refractivity (Wildman–Crippen MR) is 145 cm³/mol. The van der Waals surface area contributed by atoms with Crippen LogP contribution < -0.4 is 10.5 Å². The first-order chi connectivity index (χ1) is 17.0. The average Bonchev–Trinajstić information content (AvgIpc) is 2.82. The number of nitrogens with one attached hydrogen (secondary N) is 1. The number of nitriles is 1. The summed E-state index contributed by atoms with van der Waals surface area (Å²) >= 11 is 3.59. The molecule has 8 nitrogen and oxygen atoms in total. The van der Waals surface area contributed by atoms with E-state index in [9.17, 15) is 8.42 Å². The summed E-state index contributed by atoms with van der Waals surface area (Å²) in [5, 5.41) is 9.00. The quantitative estimate of drug-likeness (QED) is 0.332. The Bertz CT molecular complexity index is 1420. The molecule has 0 saturated carbocycles. The van der Waals surface area contributed by atoms with Crippen molar-refractivity contribution in [1.82, 2.24) is 4.72 Å². The first-order valence-electron chi connectivity index (χ1n) is 10.9. The maximum Gasteiger partial charge on any atom is 0.290 e. The highest BCUT2D eigenvalue weighted by Crippen LogP contribution is 2.29. The van der Waals surface area contributed by atoms with Gasteiger partial charge in [-0.1, -0.05) is 58.4 Å². The van der Waals surface area contributed by atoms with Crippen molar-refractivity contribution in [1.29, 1.82) is 5.26 Å². The summed E-state index contributed by atoms with van der Waals surface area (Å²) in [5.74, 6) is -0.201. The van der Waals surface area contributed by atoms with E-state index in [-0.39, 0.29) is 23.4 Å². The molecule has 0 spiro atoms. The Morgan fingerprint density at radius 2 is 1.75 bits per heavy atom. The van der Waals surface area contributed by atoms with Crippen molar-refractivity contribution in [3.63, 3.8) is 0 Å². The predicted octanol–water partition coefficient (Wildman–Crippen LogP) is 4.95. The molecule has 0 atom stereocenters. The van der Waals surface area contributed by atoms with E-state index in [0.29, 0.717) is 5.56 Å². The summed E-state index contributed by atoms with van der Waals surface area (Å²) in [6, 6.07) is 22.8. The fourth-order valence-electron chi connectivity index (χ4n) is 3.09. The van der Waals surface area contributed by atoms with Gasteiger partial charge in [0.1, 0.15) is 5.60 Å². The smallest absolute Gasteiger partial charge is 0.290 e. The Labute approximate surface area is 219 Å². The molecule has 3 N–H and O–H groups in total. The number of nitrogens with zero attached hydrogens (tertiary/aromatic N) is 3. The van der Waals surface area contributed by atoms with Crippen LogP contribution in [0.4, 0.5) is 0 Å². The highest BCUT2D eigenvalue weighted by atomic mass is 79.9. The molecule has 3 aromatic carbocycles. The zero-order valence-electron chi connectivity index (χ0n) is 20.1. The second-order valence-electron chi connectivity index (χ2n) is 8.73. The minimum atomic E-state index is -3.94. The molecule has 0 aliphatic carbocycles. The number of aliphatic imine (C=N–C) groups is 2. The fraction of sp³-hybridized carbons (Fsp3) is 0.192. The van der Waals surface area contributed by atoms with E-state index in [1.165, 1.54) is 12.1 Å². The molecular weight excluding hydrogens is 542 g/mol. The van der Waals surface area contributed by atoms with Crippen LogP contribution in [0.25, 0.3) is 11.1 Å². The highest BCUT2D eigenvalue weighted by Gasteiger charge is 2.18. The van der Waals surface area contributed by atoms with E-state index >= 15 is 0 Å². The molecule has 10 heteroatoms. The van der Waals surface area contributed by atoms with Crippen molar-refractivity contribution in [2.75, 3.05) is 0 Å². The lowest BCUT2D eigenvalue weighted by molar-refractivity contribution is 0.114. The van der Waals surface area contributed by atoms with Crippen molar-refractivity contribution < 1.29 is 13.2 Å². The lowest BCUT2D eigenvalue weighted by atomic mass is 10.0. The second-order valence-corrected chi connectivity index (χ2v) is 11.3. The third-order valence-electron chi connectivity index (χ3n) is 4.68. The molecule has 0 unspecified atom stereocenters. The normalized spacial score (nSPS) is 12.6. The van der Waals surface area contributed by atoms with Crippen molar-refractivity contribution >= 4 is 37.9 Å². The van der Waals surface area contributed by atoms with Gasteiger partial charge in [-0.25, -0.2) is 18.1 Å². The van der Waals surface area contributed by atoms with Gasteiger partial charge in [0.15, 0.2) is 0 Å². The van der Waals surface area contributed by atoms with Crippen LogP contribution >= 0.6 is 15.9 Å². The molecule has 0 bridgehead atoms. The van der Waals surface area contributed by atoms with Gasteiger partial charge in [-0.2, -0.15) is 10.3 Å². The van der Waals surface area contributed by atoms with Crippen LogP contribution in [0, 0.1) is 11.3 Å². The Hall–Kier alpha value is -3.68. The average molecular weight is 568 g/mol. The number of guanidine groups is 1. The summed E-state index contributed by atoms with van der Waals surface area (Å²) in [5.41, 5.74) is 8.56. The topological polar surface area (TPSA) is 130 Å². The molecule has 3 aromatic rings. The Kier molecular flexibility index (Phi) is 8.50. The molecular formula is C26H26BrN5O3S. The standard InChI is InChI=1S/C26H26BrN5O3S/c1-26(2,3)35-24(29)31-25(32-36(33,34)21-7-5-4-6-8-21)30-17-19-11-14-22(23(27)15-19)20-12-9-18(16-28)10-13-20/h4-15H,17H2,1-3H3,(H3,29,30,31,32). The highest BCUT2D eigenvalue weighted by molar-refractivity contribution is 9.10. The first-order valence-corrected chi connectivity index (χ1v) is 13.2. The van der Waals surface area contributed by atoms with Crippen LogP contribution in [0.5, 0.6) is 0 Å². The zero-order valence-corrected chi connectivity index (χ0v) is 22.5. The van der Waals surface area contributed by atoms with Crippen molar-refractivity contribution in [2.45, 2.75) is 37.8 Å². The largest absolute Gasteiger partial charge is 0.459 e. The summed E-state index contributed by atoms with van der Waals surface area (Å²) in [7, 11) is -3.94. The zero-order chi connectivity index (χ0) is 26.3. The molecule has 0 aromatic heterocycles. The second kappa shape index (κ2) is 11.4. The third kappa shape index (κ3) is 7.66. The van der Waals surface area contributed by atoms with Gasteiger partial charge in [0.05, 0.1) is 23.1 Å². The number of benzene rings is 3. The number of halogens is 1. The number of amidine groups is 1. The van der Waals surface area contributed by atoms with E-state index in [4.69, 9.17) is 15.7 Å². The number of ether oxygens (including phenoxy) is 1. The van der Waals surface area contributed by atoms with Gasteiger partial charge in [0, 0.05) is 4.47 Å². The van der Waals surface area contributed by atoms with E-state index in [1.54, 1.807) is 51.1 Å². The fourth-order valence-corrected chi connectivity index (χ4v) is 4.73. The van der Waals surface area contributed by atoms with Gasteiger partial charge in [0.2, 0.25) is 5.96 Å². The minimum absolute atomic E-state index is 0.0673. The Morgan fingerprint density at radius 3 is 2.33 bits per heavy atom. The summed E-state index contributed by atoms with van der Waals surface area (Å²) in [6.45, 7) is 5.53. The molecule has 0 fully saturated rings. The molecule has 0 heterocycles. The molecule has 3 rings (SSSR count). The van der Waals surface area contributed by atoms with Crippen molar-refractivity contribution in [3.8, 4) is 17.2 Å². The van der Waals surface area contributed by atoms with E-state index < -0.39 is 15.6 Å². The number of hydrogen-bond donors (Lipinski definition) is 2. The number of sulfonamides is 1. The van der Waals surface area contributed by atoms with Gasteiger partial charge in [-0.05, 0) is 67.8 Å². The van der Waals surface area contributed by atoms with Gasteiger partial charge < -0.3 is 10.5 Å². The lowest BCUT2D eigenvalue weighted by Crippen LogP contribution is -2.34. The maximum absolute atomic E-state index is 12.9. The number of hydrogen-bond acceptors (Lipinski definition) is 5. The van der Waals surface area contributed by atoms with Crippen LogP contribution in [0.15, 0.2) is 92.1 Å². The Morgan fingerprint density at radius 1 is 1.08 bits per heavy atom. The summed E-state index contributed by atoms with van der Waals surface area (Å²) in [6.07, 6.45) is 0. The van der Waals surface area contributed by atoms with Crippen molar-refractivity contribution in [2.24, 2.45) is 15.7 Å². The van der Waals surface area contributed by atoms with Crippen LogP contribution in [0.3, 0.4) is 0 Å². The van der Waals surface area contributed by atoms with Gasteiger partial charge in [-0.3, -0.25) is 0 Å². The molecule has 36 heavy (non-hydrogen) atoms. The van der Waals surface area contributed by atoms with E-state index in [1.807, 2.05) is 30.3 Å².